The van der Waals surface area contributed by atoms with Crippen LogP contribution in [-0.4, -0.2) is 15.9 Å². The van der Waals surface area contributed by atoms with Crippen LogP contribution in [0, 0.1) is 0 Å². The molecule has 0 aliphatic heterocycles. The van der Waals surface area contributed by atoms with Crippen molar-refractivity contribution < 1.29 is 9.53 Å². The van der Waals surface area contributed by atoms with Gasteiger partial charge >= 0.3 is 5.97 Å². The van der Waals surface area contributed by atoms with E-state index in [1.165, 1.54) is 13.3 Å². The molecular weight excluding hydrogens is 236 g/mol. The van der Waals surface area contributed by atoms with Crippen molar-refractivity contribution in [1.82, 2.24) is 9.97 Å². The van der Waals surface area contributed by atoms with E-state index >= 15 is 0 Å². The number of hydrogen-bond acceptors (Lipinski definition) is 4. The van der Waals surface area contributed by atoms with Crippen molar-refractivity contribution >= 4 is 21.9 Å². The molecule has 0 spiro atoms. The minimum atomic E-state index is -0.847. The molecule has 0 aliphatic rings. The molecule has 13 heavy (non-hydrogen) atoms. The zero-order valence-electron chi connectivity index (χ0n) is 7.32. The molecule has 1 unspecified atom stereocenters. The summed E-state index contributed by atoms with van der Waals surface area (Å²) in [5.41, 5.74) is 0.699. The van der Waals surface area contributed by atoms with Crippen LogP contribution in [0.25, 0.3) is 0 Å². The Morgan fingerprint density at radius 3 is 2.54 bits per heavy atom. The van der Waals surface area contributed by atoms with Gasteiger partial charge < -0.3 is 4.74 Å². The van der Waals surface area contributed by atoms with E-state index in [4.69, 9.17) is 4.74 Å². The maximum atomic E-state index is 10.7. The van der Waals surface area contributed by atoms with E-state index in [2.05, 4.69) is 25.9 Å². The molecule has 1 aromatic heterocycles. The van der Waals surface area contributed by atoms with Gasteiger partial charge in [-0.15, -0.1) is 0 Å². The van der Waals surface area contributed by atoms with Gasteiger partial charge in [-0.1, -0.05) is 0 Å². The van der Waals surface area contributed by atoms with Crippen molar-refractivity contribution in [3.05, 3.63) is 24.3 Å². The molecule has 5 heteroatoms. The molecule has 0 radical (unpaired) electrons. The predicted octanol–water partition coefficient (Wildman–Crippen LogP) is 1.61. The van der Waals surface area contributed by atoms with Gasteiger partial charge in [0.15, 0.2) is 4.51 Å². The first-order valence-electron chi connectivity index (χ1n) is 3.66. The van der Waals surface area contributed by atoms with Gasteiger partial charge in [0.25, 0.3) is 0 Å². The molecule has 1 aromatic rings. The fourth-order valence-electron chi connectivity index (χ4n) is 0.859. The summed E-state index contributed by atoms with van der Waals surface area (Å²) in [6.07, 6.45) is 4.59. The molecule has 0 amide bonds. The van der Waals surface area contributed by atoms with E-state index in [0.29, 0.717) is 5.56 Å². The number of nitrogens with zero attached hydrogens (tertiary/aromatic N) is 2. The lowest BCUT2D eigenvalue weighted by molar-refractivity contribution is -0.147. The van der Waals surface area contributed by atoms with Crippen LogP contribution < -0.4 is 0 Å². The zero-order valence-corrected chi connectivity index (χ0v) is 8.91. The Labute approximate surface area is 84.5 Å². The first-order chi connectivity index (χ1) is 6.02. The highest BCUT2D eigenvalue weighted by Crippen LogP contribution is 2.30. The third kappa shape index (κ3) is 2.77. The zero-order chi connectivity index (χ0) is 9.90. The normalized spacial score (nSPS) is 14.7. The lowest BCUT2D eigenvalue weighted by Crippen LogP contribution is -2.21. The van der Waals surface area contributed by atoms with Crippen molar-refractivity contribution in [1.29, 1.82) is 0 Å². The third-order valence-corrected chi connectivity index (χ3v) is 2.03. The second-order valence-electron chi connectivity index (χ2n) is 2.64. The van der Waals surface area contributed by atoms with Gasteiger partial charge in [-0.25, -0.2) is 9.97 Å². The standard InChI is InChI=1S/C8H9BrN2O2/c1-6(12)13-8(2,9)7-3-10-5-11-4-7/h3-5H,1-2H3. The van der Waals surface area contributed by atoms with Gasteiger partial charge in [-0.2, -0.15) is 0 Å². The van der Waals surface area contributed by atoms with Crippen LogP contribution >= 0.6 is 15.9 Å². The first-order valence-corrected chi connectivity index (χ1v) is 4.45. The largest absolute Gasteiger partial charge is 0.443 e. The van der Waals surface area contributed by atoms with Gasteiger partial charge in [-0.05, 0) is 22.9 Å². The number of carbonyl (C=O) groups is 1. The molecule has 0 aliphatic carbocycles. The first kappa shape index (κ1) is 10.1. The molecule has 0 bridgehead atoms. The molecule has 0 saturated carbocycles. The van der Waals surface area contributed by atoms with Gasteiger partial charge in [0.1, 0.15) is 6.33 Å². The number of aromatic nitrogens is 2. The summed E-state index contributed by atoms with van der Waals surface area (Å²) in [6, 6.07) is 0. The van der Waals surface area contributed by atoms with Crippen molar-refractivity contribution in [2.45, 2.75) is 18.4 Å². The fourth-order valence-corrected chi connectivity index (χ4v) is 1.29. The van der Waals surface area contributed by atoms with Crippen LogP contribution in [0.1, 0.15) is 19.4 Å². The SMILES string of the molecule is CC(=O)OC(C)(Br)c1cncnc1. The van der Waals surface area contributed by atoms with Crippen LogP contribution in [0.15, 0.2) is 18.7 Å². The Balaban J connectivity index is 2.87. The van der Waals surface area contributed by atoms with E-state index in [-0.39, 0.29) is 5.97 Å². The van der Waals surface area contributed by atoms with Crippen molar-refractivity contribution in [3.8, 4) is 0 Å². The minimum Gasteiger partial charge on any atom is -0.443 e. The second kappa shape index (κ2) is 3.83. The van der Waals surface area contributed by atoms with Gasteiger partial charge in [0.2, 0.25) is 0 Å². The maximum absolute atomic E-state index is 10.7. The van der Waals surface area contributed by atoms with Crippen LogP contribution in [0.2, 0.25) is 0 Å². The molecule has 1 heterocycles. The minimum absolute atomic E-state index is 0.358. The highest BCUT2D eigenvalue weighted by molar-refractivity contribution is 9.09. The van der Waals surface area contributed by atoms with Gasteiger partial charge in [-0.3, -0.25) is 4.79 Å². The summed E-state index contributed by atoms with van der Waals surface area (Å²) >= 11 is 3.27. The van der Waals surface area contributed by atoms with E-state index in [1.807, 2.05) is 0 Å². The Kier molecular flexibility index (Phi) is 2.98. The topological polar surface area (TPSA) is 52.1 Å². The molecule has 0 N–H and O–H groups in total. The highest BCUT2D eigenvalue weighted by atomic mass is 79.9. The monoisotopic (exact) mass is 244 g/mol. The molecule has 70 valence electrons. The maximum Gasteiger partial charge on any atom is 0.304 e. The molecule has 1 atom stereocenters. The van der Waals surface area contributed by atoms with Crippen LogP contribution in [-0.2, 0) is 14.0 Å². The Morgan fingerprint density at radius 2 is 2.08 bits per heavy atom. The summed E-state index contributed by atoms with van der Waals surface area (Å²) < 4.78 is 4.17. The lowest BCUT2D eigenvalue weighted by Gasteiger charge is -2.21. The van der Waals surface area contributed by atoms with Gasteiger partial charge in [0, 0.05) is 24.9 Å². The summed E-state index contributed by atoms with van der Waals surface area (Å²) in [5, 5.41) is 0. The Bertz CT molecular complexity index is 300. The van der Waals surface area contributed by atoms with E-state index in [0.717, 1.165) is 0 Å². The van der Waals surface area contributed by atoms with E-state index in [9.17, 15) is 4.79 Å². The van der Waals surface area contributed by atoms with Crippen LogP contribution in [0.3, 0.4) is 0 Å². The van der Waals surface area contributed by atoms with Crippen molar-refractivity contribution in [3.63, 3.8) is 0 Å². The lowest BCUT2D eigenvalue weighted by atomic mass is 10.2. The average Bonchev–Trinajstić information content (AvgIpc) is 2.04. The number of esters is 1. The Morgan fingerprint density at radius 1 is 1.54 bits per heavy atom. The average molecular weight is 245 g/mol. The number of halogens is 1. The molecular formula is C8H9BrN2O2. The predicted molar refractivity (Wildman–Crippen MR) is 50.1 cm³/mol. The van der Waals surface area contributed by atoms with E-state index in [1.54, 1.807) is 19.3 Å². The quantitative estimate of drug-likeness (QED) is 0.586. The van der Waals surface area contributed by atoms with Crippen LogP contribution in [0.5, 0.6) is 0 Å². The van der Waals surface area contributed by atoms with Crippen LogP contribution in [0.4, 0.5) is 0 Å². The highest BCUT2D eigenvalue weighted by Gasteiger charge is 2.26. The smallest absolute Gasteiger partial charge is 0.304 e. The number of alkyl halides is 1. The molecule has 1 rings (SSSR count). The van der Waals surface area contributed by atoms with Gasteiger partial charge in [0.05, 0.1) is 0 Å². The third-order valence-electron chi connectivity index (χ3n) is 1.41. The van der Waals surface area contributed by atoms with Crippen molar-refractivity contribution in [2.75, 3.05) is 0 Å². The number of carbonyl (C=O) groups excluding carboxylic acids is 1. The fraction of sp³-hybridized carbons (Fsp3) is 0.375. The second-order valence-corrected chi connectivity index (χ2v) is 4.15. The summed E-state index contributed by atoms with van der Waals surface area (Å²) in [7, 11) is 0. The summed E-state index contributed by atoms with van der Waals surface area (Å²) in [6.45, 7) is 3.07. The molecule has 4 nitrogen and oxygen atoms in total. The number of rotatable bonds is 2. The summed E-state index contributed by atoms with van der Waals surface area (Å²) in [5.74, 6) is -0.358. The van der Waals surface area contributed by atoms with Crippen molar-refractivity contribution in [2.24, 2.45) is 0 Å². The Hall–Kier alpha value is -0.970. The molecule has 0 aromatic carbocycles. The molecule has 0 saturated heterocycles. The number of ether oxygens (including phenoxy) is 1. The summed E-state index contributed by atoms with van der Waals surface area (Å²) in [4.78, 5) is 18.4. The number of hydrogen-bond donors (Lipinski definition) is 0. The molecule has 0 fully saturated rings. The van der Waals surface area contributed by atoms with E-state index < -0.39 is 4.51 Å².